The summed E-state index contributed by atoms with van der Waals surface area (Å²) in [5.41, 5.74) is 1.32. The fourth-order valence-electron chi connectivity index (χ4n) is 1.79. The van der Waals surface area contributed by atoms with Gasteiger partial charge in [-0.05, 0) is 43.7 Å². The van der Waals surface area contributed by atoms with Crippen molar-refractivity contribution in [2.24, 2.45) is 0 Å². The molecule has 0 aliphatic rings. The van der Waals surface area contributed by atoms with Crippen molar-refractivity contribution in [1.82, 2.24) is 4.98 Å². The van der Waals surface area contributed by atoms with E-state index in [9.17, 15) is 18.7 Å². The summed E-state index contributed by atoms with van der Waals surface area (Å²) in [4.78, 5) is 15.8. The van der Waals surface area contributed by atoms with E-state index in [2.05, 4.69) is 4.98 Å². The zero-order valence-electron chi connectivity index (χ0n) is 10.8. The average Bonchev–Trinajstić information content (AvgIpc) is 2.32. The van der Waals surface area contributed by atoms with Crippen LogP contribution < -0.4 is 0 Å². The molecule has 1 aromatic carbocycles. The number of aromatic nitrogens is 1. The molecule has 3 nitrogen and oxygen atoms in total. The Morgan fingerprint density at radius 2 is 1.90 bits per heavy atom. The highest BCUT2D eigenvalue weighted by Gasteiger charge is 2.17. The number of hydrogen-bond donors (Lipinski definition) is 1. The quantitative estimate of drug-likeness (QED) is 0.935. The summed E-state index contributed by atoms with van der Waals surface area (Å²) in [6, 6.07) is 5.07. The fourth-order valence-corrected chi connectivity index (χ4v) is 2.85. The van der Waals surface area contributed by atoms with E-state index >= 15 is 0 Å². The van der Waals surface area contributed by atoms with Crippen molar-refractivity contribution in [1.29, 1.82) is 0 Å². The third-order valence-electron chi connectivity index (χ3n) is 2.63. The second-order valence-corrected chi connectivity index (χ2v) is 5.31. The lowest BCUT2D eigenvalue weighted by molar-refractivity contribution is 0.0691. The van der Waals surface area contributed by atoms with Crippen LogP contribution in [-0.2, 0) is 0 Å². The monoisotopic (exact) mass is 295 g/mol. The van der Waals surface area contributed by atoms with Crippen LogP contribution in [0.1, 0.15) is 21.6 Å². The lowest BCUT2D eigenvalue weighted by atomic mass is 10.1. The molecule has 0 bridgehead atoms. The molecule has 2 aromatic rings. The molecule has 2 rings (SSSR count). The molecule has 0 atom stereocenters. The van der Waals surface area contributed by atoms with Gasteiger partial charge in [-0.15, -0.1) is 0 Å². The van der Waals surface area contributed by atoms with Gasteiger partial charge in [-0.25, -0.2) is 18.6 Å². The minimum atomic E-state index is -1.10. The fraction of sp³-hybridized carbons (Fsp3) is 0.143. The Hall–Kier alpha value is -1.95. The molecule has 104 valence electrons. The third kappa shape index (κ3) is 2.96. The van der Waals surface area contributed by atoms with Crippen LogP contribution in [0.25, 0.3) is 0 Å². The zero-order chi connectivity index (χ0) is 14.9. The number of carboxylic acid groups (broad SMARTS) is 1. The highest BCUT2D eigenvalue weighted by Crippen LogP contribution is 2.31. The zero-order valence-corrected chi connectivity index (χ0v) is 11.6. The second kappa shape index (κ2) is 5.58. The van der Waals surface area contributed by atoms with Crippen molar-refractivity contribution in [2.45, 2.75) is 23.8 Å². The molecule has 6 heteroatoms. The van der Waals surface area contributed by atoms with Crippen LogP contribution in [0.5, 0.6) is 0 Å². The smallest absolute Gasteiger partial charge is 0.338 e. The second-order valence-electron chi connectivity index (χ2n) is 4.24. The highest BCUT2D eigenvalue weighted by atomic mass is 32.2. The summed E-state index contributed by atoms with van der Waals surface area (Å²) in [6.45, 7) is 3.42. The van der Waals surface area contributed by atoms with Crippen LogP contribution in [0, 0.1) is 25.5 Å². The van der Waals surface area contributed by atoms with Crippen LogP contribution in [0.15, 0.2) is 34.2 Å². The Labute approximate surface area is 118 Å². The number of nitrogens with zero attached hydrogens (tertiary/aromatic N) is 1. The summed E-state index contributed by atoms with van der Waals surface area (Å²) in [6.07, 6.45) is 0. The number of carbonyl (C=O) groups is 1. The first-order valence-electron chi connectivity index (χ1n) is 5.73. The Balaban J connectivity index is 2.47. The molecule has 20 heavy (non-hydrogen) atoms. The molecule has 0 unspecified atom stereocenters. The van der Waals surface area contributed by atoms with Crippen molar-refractivity contribution in [3.8, 4) is 0 Å². The van der Waals surface area contributed by atoms with Gasteiger partial charge in [-0.3, -0.25) is 0 Å². The highest BCUT2D eigenvalue weighted by molar-refractivity contribution is 7.99. The van der Waals surface area contributed by atoms with Crippen LogP contribution in [0.3, 0.4) is 0 Å². The minimum Gasteiger partial charge on any atom is -0.478 e. The molecule has 0 aliphatic carbocycles. The van der Waals surface area contributed by atoms with Crippen LogP contribution >= 0.6 is 11.8 Å². The van der Waals surface area contributed by atoms with Gasteiger partial charge >= 0.3 is 5.97 Å². The van der Waals surface area contributed by atoms with Gasteiger partial charge in [-0.2, -0.15) is 0 Å². The molecule has 0 spiro atoms. The number of carboxylic acids is 1. The third-order valence-corrected chi connectivity index (χ3v) is 3.61. The normalized spacial score (nSPS) is 10.6. The first-order chi connectivity index (χ1) is 9.38. The molecule has 1 aromatic heterocycles. The molecule has 1 heterocycles. The Morgan fingerprint density at radius 3 is 2.50 bits per heavy atom. The SMILES string of the molecule is Cc1cc(C)c(C(=O)O)c(Sc2ccc(F)c(F)c2)n1. The van der Waals surface area contributed by atoms with Gasteiger partial charge in [0.05, 0.1) is 5.56 Å². The maximum absolute atomic E-state index is 13.2. The first kappa shape index (κ1) is 14.5. The predicted octanol–water partition coefficient (Wildman–Crippen LogP) is 3.83. The number of hydrogen-bond acceptors (Lipinski definition) is 3. The summed E-state index contributed by atoms with van der Waals surface area (Å²) < 4.78 is 26.1. The number of aromatic carboxylic acids is 1. The predicted molar refractivity (Wildman–Crippen MR) is 71.2 cm³/mol. The Bertz CT molecular complexity index is 689. The molecule has 0 radical (unpaired) electrons. The average molecular weight is 295 g/mol. The molecule has 1 N–H and O–H groups in total. The number of rotatable bonds is 3. The molecular weight excluding hydrogens is 284 g/mol. The van der Waals surface area contributed by atoms with Gasteiger partial charge in [0.1, 0.15) is 5.03 Å². The van der Waals surface area contributed by atoms with Crippen LogP contribution in [0.2, 0.25) is 0 Å². The Kier molecular flexibility index (Phi) is 4.04. The molecule has 0 saturated heterocycles. The van der Waals surface area contributed by atoms with E-state index in [1.165, 1.54) is 6.07 Å². The van der Waals surface area contributed by atoms with Crippen LogP contribution in [0.4, 0.5) is 8.78 Å². The van der Waals surface area contributed by atoms with Crippen molar-refractivity contribution in [3.63, 3.8) is 0 Å². The van der Waals surface area contributed by atoms with E-state index in [0.29, 0.717) is 16.2 Å². The number of benzene rings is 1. The first-order valence-corrected chi connectivity index (χ1v) is 6.54. The van der Waals surface area contributed by atoms with Crippen LogP contribution in [-0.4, -0.2) is 16.1 Å². The lowest BCUT2D eigenvalue weighted by Gasteiger charge is -2.09. The molecule has 0 fully saturated rings. The maximum atomic E-state index is 13.2. The number of halogens is 2. The van der Waals surface area contributed by atoms with Crippen molar-refractivity contribution < 1.29 is 18.7 Å². The van der Waals surface area contributed by atoms with E-state index in [0.717, 1.165) is 23.9 Å². The number of pyridine rings is 1. The molecule has 0 saturated carbocycles. The minimum absolute atomic E-state index is 0.0744. The van der Waals surface area contributed by atoms with Crippen molar-refractivity contribution in [2.75, 3.05) is 0 Å². The van der Waals surface area contributed by atoms with E-state index in [1.807, 2.05) is 0 Å². The largest absolute Gasteiger partial charge is 0.478 e. The van der Waals surface area contributed by atoms with Crippen molar-refractivity contribution >= 4 is 17.7 Å². The summed E-state index contributed by atoms with van der Waals surface area (Å²) >= 11 is 0.995. The topological polar surface area (TPSA) is 50.2 Å². The lowest BCUT2D eigenvalue weighted by Crippen LogP contribution is -2.05. The number of aryl methyl sites for hydroxylation is 2. The van der Waals surface area contributed by atoms with Gasteiger partial charge in [0, 0.05) is 10.6 Å². The molecular formula is C14H11F2NO2S. The summed E-state index contributed by atoms with van der Waals surface area (Å²) in [5.74, 6) is -3.02. The van der Waals surface area contributed by atoms with E-state index in [4.69, 9.17) is 0 Å². The standard InChI is InChI=1S/C14H11F2NO2S/c1-7-5-8(2)17-13(12(7)14(18)19)20-9-3-4-10(15)11(16)6-9/h3-6H,1-2H3,(H,18,19). The van der Waals surface area contributed by atoms with Gasteiger partial charge in [0.25, 0.3) is 0 Å². The van der Waals surface area contributed by atoms with Gasteiger partial charge in [0.15, 0.2) is 11.6 Å². The summed E-state index contributed by atoms with van der Waals surface area (Å²) in [5, 5.41) is 9.49. The van der Waals surface area contributed by atoms with E-state index in [-0.39, 0.29) is 10.6 Å². The van der Waals surface area contributed by atoms with Gasteiger partial charge in [0.2, 0.25) is 0 Å². The van der Waals surface area contributed by atoms with Gasteiger partial charge in [-0.1, -0.05) is 11.8 Å². The van der Waals surface area contributed by atoms with Gasteiger partial charge < -0.3 is 5.11 Å². The molecule has 0 amide bonds. The maximum Gasteiger partial charge on any atom is 0.338 e. The summed E-state index contributed by atoms with van der Waals surface area (Å²) in [7, 11) is 0. The molecule has 0 aliphatic heterocycles. The van der Waals surface area contributed by atoms with E-state index in [1.54, 1.807) is 19.9 Å². The Morgan fingerprint density at radius 1 is 1.20 bits per heavy atom. The van der Waals surface area contributed by atoms with Crippen molar-refractivity contribution in [3.05, 3.63) is 52.7 Å². The van der Waals surface area contributed by atoms with E-state index < -0.39 is 17.6 Å².